The van der Waals surface area contributed by atoms with Gasteiger partial charge in [-0.15, -0.1) is 0 Å². The number of aromatic nitrogens is 3. The monoisotopic (exact) mass is 701 g/mol. The van der Waals surface area contributed by atoms with E-state index in [1.807, 2.05) is 30.3 Å². The van der Waals surface area contributed by atoms with Crippen molar-refractivity contribution in [1.29, 1.82) is 0 Å². The molecule has 256 valence electrons. The Balaban J connectivity index is 1.08. The molecule has 9 aromatic carbocycles. The summed E-state index contributed by atoms with van der Waals surface area (Å²) in [5.41, 5.74) is 8.82. The minimum Gasteiger partial charge on any atom is -0.455 e. The summed E-state index contributed by atoms with van der Waals surface area (Å²) in [6.07, 6.45) is 0. The molecule has 2 aromatic heterocycles. The van der Waals surface area contributed by atoms with Crippen LogP contribution in [-0.4, -0.2) is 15.0 Å². The summed E-state index contributed by atoms with van der Waals surface area (Å²) >= 11 is 0. The van der Waals surface area contributed by atoms with E-state index in [1.165, 1.54) is 43.4 Å². The van der Waals surface area contributed by atoms with E-state index in [9.17, 15) is 0 Å². The van der Waals surface area contributed by atoms with Gasteiger partial charge in [-0.3, -0.25) is 0 Å². The van der Waals surface area contributed by atoms with Gasteiger partial charge in [0.2, 0.25) is 0 Å². The molecule has 0 amide bonds. The molecule has 0 spiro atoms. The zero-order valence-corrected chi connectivity index (χ0v) is 29.6. The van der Waals surface area contributed by atoms with Crippen LogP contribution in [0.4, 0.5) is 0 Å². The van der Waals surface area contributed by atoms with Crippen LogP contribution in [0.25, 0.3) is 111 Å². The molecule has 0 bridgehead atoms. The fourth-order valence-electron chi connectivity index (χ4n) is 8.07. The average molecular weight is 702 g/mol. The molecule has 0 aliphatic rings. The Morgan fingerprint density at radius 1 is 0.291 bits per heavy atom. The Morgan fingerprint density at radius 2 is 0.855 bits per heavy atom. The third kappa shape index (κ3) is 5.26. The molecule has 0 aliphatic heterocycles. The van der Waals surface area contributed by atoms with E-state index in [-0.39, 0.29) is 0 Å². The lowest BCUT2D eigenvalue weighted by Crippen LogP contribution is -2.00. The topological polar surface area (TPSA) is 51.8 Å². The van der Waals surface area contributed by atoms with Gasteiger partial charge in [0, 0.05) is 21.9 Å². The van der Waals surface area contributed by atoms with Gasteiger partial charge in [-0.25, -0.2) is 15.0 Å². The normalized spacial score (nSPS) is 11.6. The minimum atomic E-state index is 0.560. The molecule has 0 N–H and O–H groups in total. The van der Waals surface area contributed by atoms with Crippen molar-refractivity contribution in [3.8, 4) is 56.4 Å². The molecule has 0 saturated heterocycles. The molecule has 55 heavy (non-hydrogen) atoms. The fraction of sp³-hybridized carbons (Fsp3) is 0. The zero-order valence-electron chi connectivity index (χ0n) is 29.6. The maximum absolute atomic E-state index is 6.48. The zero-order chi connectivity index (χ0) is 36.3. The van der Waals surface area contributed by atoms with E-state index in [2.05, 4.69) is 158 Å². The Labute approximate surface area is 317 Å². The van der Waals surface area contributed by atoms with Crippen LogP contribution < -0.4 is 0 Å². The van der Waals surface area contributed by atoms with Crippen LogP contribution in [0.3, 0.4) is 0 Å². The van der Waals surface area contributed by atoms with Crippen molar-refractivity contribution >= 4 is 54.3 Å². The molecular weight excluding hydrogens is 671 g/mol. The molecule has 11 rings (SSSR count). The highest BCUT2D eigenvalue weighted by molar-refractivity contribution is 6.14. The first kappa shape index (κ1) is 31.1. The number of hydrogen-bond acceptors (Lipinski definition) is 4. The summed E-state index contributed by atoms with van der Waals surface area (Å²) in [7, 11) is 0. The first-order valence-electron chi connectivity index (χ1n) is 18.5. The minimum absolute atomic E-state index is 0.560. The number of furan rings is 1. The second kappa shape index (κ2) is 12.6. The molecular formula is C51H31N3O. The van der Waals surface area contributed by atoms with E-state index in [1.54, 1.807) is 0 Å². The van der Waals surface area contributed by atoms with Crippen molar-refractivity contribution in [3.05, 3.63) is 188 Å². The molecule has 4 heteroatoms. The van der Waals surface area contributed by atoms with E-state index in [4.69, 9.17) is 19.4 Å². The van der Waals surface area contributed by atoms with Gasteiger partial charge < -0.3 is 4.42 Å². The van der Waals surface area contributed by atoms with Crippen molar-refractivity contribution in [1.82, 2.24) is 15.0 Å². The van der Waals surface area contributed by atoms with Crippen molar-refractivity contribution in [2.75, 3.05) is 0 Å². The Kier molecular flexibility index (Phi) is 7.14. The Morgan fingerprint density at radius 3 is 1.71 bits per heavy atom. The Hall–Kier alpha value is -7.43. The standard InChI is InChI=1S/C51H31N3O/c1-3-17-38-32(12-1)14-10-22-39(38)35-15-9-16-37(30-35)50-52-49(53-51(54-50)45-24-11-23-44-43-21-7-8-25-47(43)55-48(44)45)34-28-26-33(27-29-34)46-31-36-13-2-4-18-40(36)41-19-5-6-20-42(41)46/h1-31H. The SMILES string of the molecule is c1cc(-c2nc(-c3ccc(-c4cc5ccccc5c5ccccc45)cc3)nc(-c3cccc4c3oc3ccccc34)n2)cc(-c2cccc3ccccc23)c1. The highest BCUT2D eigenvalue weighted by atomic mass is 16.3. The van der Waals surface area contributed by atoms with Crippen molar-refractivity contribution in [2.45, 2.75) is 0 Å². The predicted octanol–water partition coefficient (Wildman–Crippen LogP) is 13.6. The predicted molar refractivity (Wildman–Crippen MR) is 227 cm³/mol. The van der Waals surface area contributed by atoms with Gasteiger partial charge in [0.15, 0.2) is 17.5 Å². The van der Waals surface area contributed by atoms with Crippen LogP contribution in [0.2, 0.25) is 0 Å². The maximum atomic E-state index is 6.48. The largest absolute Gasteiger partial charge is 0.455 e. The van der Waals surface area contributed by atoms with Crippen molar-refractivity contribution in [2.24, 2.45) is 0 Å². The first-order chi connectivity index (χ1) is 27.2. The average Bonchev–Trinajstić information content (AvgIpc) is 3.65. The molecule has 0 saturated carbocycles. The van der Waals surface area contributed by atoms with Gasteiger partial charge >= 0.3 is 0 Å². The molecule has 0 aliphatic carbocycles. The fourth-order valence-corrected chi connectivity index (χ4v) is 8.07. The van der Waals surface area contributed by atoms with Gasteiger partial charge in [-0.05, 0) is 78.8 Å². The van der Waals surface area contributed by atoms with Gasteiger partial charge in [-0.1, -0.05) is 164 Å². The molecule has 4 nitrogen and oxygen atoms in total. The van der Waals surface area contributed by atoms with Crippen LogP contribution in [-0.2, 0) is 0 Å². The summed E-state index contributed by atoms with van der Waals surface area (Å²) in [5.74, 6) is 1.75. The number of benzene rings is 9. The quantitative estimate of drug-likeness (QED) is 0.168. The van der Waals surface area contributed by atoms with Gasteiger partial charge in [-0.2, -0.15) is 0 Å². The van der Waals surface area contributed by atoms with Gasteiger partial charge in [0.05, 0.1) is 5.56 Å². The lowest BCUT2D eigenvalue weighted by Gasteiger charge is -2.12. The van der Waals surface area contributed by atoms with Crippen LogP contribution in [0, 0.1) is 0 Å². The first-order valence-corrected chi connectivity index (χ1v) is 18.5. The van der Waals surface area contributed by atoms with Crippen LogP contribution >= 0.6 is 0 Å². The third-order valence-electron chi connectivity index (χ3n) is 10.7. The van der Waals surface area contributed by atoms with E-state index < -0.39 is 0 Å². The van der Waals surface area contributed by atoms with Crippen LogP contribution in [0.15, 0.2) is 192 Å². The summed E-state index contributed by atoms with van der Waals surface area (Å²) in [4.78, 5) is 15.5. The van der Waals surface area contributed by atoms with Gasteiger partial charge in [0.1, 0.15) is 11.2 Å². The molecule has 0 unspecified atom stereocenters. The van der Waals surface area contributed by atoms with Crippen LogP contribution in [0.5, 0.6) is 0 Å². The summed E-state index contributed by atoms with van der Waals surface area (Å²) in [5, 5.41) is 9.45. The third-order valence-corrected chi connectivity index (χ3v) is 10.7. The molecule has 0 fully saturated rings. The molecule has 11 aromatic rings. The lowest BCUT2D eigenvalue weighted by atomic mass is 9.93. The maximum Gasteiger partial charge on any atom is 0.167 e. The second-order valence-corrected chi connectivity index (χ2v) is 14.0. The smallest absolute Gasteiger partial charge is 0.167 e. The highest BCUT2D eigenvalue weighted by Crippen LogP contribution is 2.38. The Bertz CT molecular complexity index is 3270. The number of nitrogens with zero attached hydrogens (tertiary/aromatic N) is 3. The lowest BCUT2D eigenvalue weighted by molar-refractivity contribution is 0.669. The summed E-state index contributed by atoms with van der Waals surface area (Å²) in [6, 6.07) is 65.9. The van der Waals surface area contributed by atoms with E-state index in [0.717, 1.165) is 49.8 Å². The highest BCUT2D eigenvalue weighted by Gasteiger charge is 2.18. The van der Waals surface area contributed by atoms with E-state index >= 15 is 0 Å². The van der Waals surface area contributed by atoms with Crippen LogP contribution in [0.1, 0.15) is 0 Å². The van der Waals surface area contributed by atoms with Gasteiger partial charge in [0.25, 0.3) is 0 Å². The summed E-state index contributed by atoms with van der Waals surface area (Å²) in [6.45, 7) is 0. The number of rotatable bonds is 5. The van der Waals surface area contributed by atoms with Crippen molar-refractivity contribution in [3.63, 3.8) is 0 Å². The molecule has 0 atom stereocenters. The second-order valence-electron chi connectivity index (χ2n) is 14.0. The number of fused-ring (bicyclic) bond motifs is 7. The number of hydrogen-bond donors (Lipinski definition) is 0. The van der Waals surface area contributed by atoms with Crippen molar-refractivity contribution < 1.29 is 4.42 Å². The molecule has 2 heterocycles. The number of para-hydroxylation sites is 2. The summed E-state index contributed by atoms with van der Waals surface area (Å²) < 4.78 is 6.48. The molecule has 0 radical (unpaired) electrons. The van der Waals surface area contributed by atoms with E-state index in [0.29, 0.717) is 17.5 Å².